The Kier molecular flexibility index (Phi) is 6.53. The standard InChI is InChI=1S/C14H16BrN3OS2/c1-2-3-4-5-13-17-18-14(21-13)16-12(19)9-7-10-6-8-11(15)20-10/h6-9H,2-5H2,1H3,(H,16,18,19)/b9-7+. The summed E-state index contributed by atoms with van der Waals surface area (Å²) < 4.78 is 1.04. The molecule has 0 atom stereocenters. The van der Waals surface area contributed by atoms with Crippen LogP contribution >= 0.6 is 38.6 Å². The Morgan fingerprint density at radius 3 is 2.90 bits per heavy atom. The van der Waals surface area contributed by atoms with Gasteiger partial charge in [0, 0.05) is 17.4 Å². The summed E-state index contributed by atoms with van der Waals surface area (Å²) in [7, 11) is 0. The fourth-order valence-electron chi connectivity index (χ4n) is 1.65. The molecule has 0 radical (unpaired) electrons. The summed E-state index contributed by atoms with van der Waals surface area (Å²) in [6.07, 6.45) is 7.73. The second-order valence-electron chi connectivity index (χ2n) is 4.42. The second-order valence-corrected chi connectivity index (χ2v) is 7.98. The molecule has 0 aliphatic carbocycles. The Balaban J connectivity index is 1.83. The molecular weight excluding hydrogens is 370 g/mol. The number of anilines is 1. The van der Waals surface area contributed by atoms with Crippen molar-refractivity contribution in [3.8, 4) is 0 Å². The van der Waals surface area contributed by atoms with Gasteiger partial charge in [0.2, 0.25) is 11.0 Å². The minimum Gasteiger partial charge on any atom is -0.297 e. The van der Waals surface area contributed by atoms with E-state index in [0.717, 1.165) is 26.5 Å². The van der Waals surface area contributed by atoms with Gasteiger partial charge in [-0.25, -0.2) is 0 Å². The van der Waals surface area contributed by atoms with Crippen LogP contribution in [0.4, 0.5) is 5.13 Å². The van der Waals surface area contributed by atoms with Crippen LogP contribution < -0.4 is 5.32 Å². The van der Waals surface area contributed by atoms with Gasteiger partial charge >= 0.3 is 0 Å². The molecule has 0 saturated carbocycles. The molecule has 112 valence electrons. The number of carbonyl (C=O) groups excluding carboxylic acids is 1. The molecule has 2 aromatic heterocycles. The Morgan fingerprint density at radius 2 is 2.19 bits per heavy atom. The molecule has 0 aliphatic rings. The third-order valence-corrected chi connectivity index (χ3v) is 5.17. The van der Waals surface area contributed by atoms with Crippen LogP contribution in [0, 0.1) is 0 Å². The first-order valence-corrected chi connectivity index (χ1v) is 9.16. The number of unbranched alkanes of at least 4 members (excludes halogenated alkanes) is 2. The zero-order valence-electron chi connectivity index (χ0n) is 11.6. The van der Waals surface area contributed by atoms with Crippen LogP contribution in [0.5, 0.6) is 0 Å². The molecular formula is C14H16BrN3OS2. The monoisotopic (exact) mass is 385 g/mol. The van der Waals surface area contributed by atoms with Crippen LogP contribution in [-0.4, -0.2) is 16.1 Å². The summed E-state index contributed by atoms with van der Waals surface area (Å²) in [6.45, 7) is 2.17. The fraction of sp³-hybridized carbons (Fsp3) is 0.357. The van der Waals surface area contributed by atoms with Gasteiger partial charge in [-0.2, -0.15) is 0 Å². The van der Waals surface area contributed by atoms with Crippen molar-refractivity contribution in [3.05, 3.63) is 31.9 Å². The molecule has 4 nitrogen and oxygen atoms in total. The molecule has 1 amide bonds. The van der Waals surface area contributed by atoms with Gasteiger partial charge in [0.05, 0.1) is 3.79 Å². The maximum absolute atomic E-state index is 11.8. The van der Waals surface area contributed by atoms with Gasteiger partial charge in [-0.15, -0.1) is 21.5 Å². The number of nitrogens with one attached hydrogen (secondary N) is 1. The van der Waals surface area contributed by atoms with Gasteiger partial charge in [-0.05, 0) is 40.6 Å². The number of aromatic nitrogens is 2. The molecule has 0 aliphatic heterocycles. The van der Waals surface area contributed by atoms with E-state index >= 15 is 0 Å². The van der Waals surface area contributed by atoms with E-state index in [1.54, 1.807) is 17.4 Å². The first-order valence-electron chi connectivity index (χ1n) is 6.74. The summed E-state index contributed by atoms with van der Waals surface area (Å²) in [5, 5.41) is 12.4. The van der Waals surface area contributed by atoms with Gasteiger partial charge in [0.25, 0.3) is 0 Å². The molecule has 0 bridgehead atoms. The normalized spacial score (nSPS) is 11.1. The van der Waals surface area contributed by atoms with E-state index < -0.39 is 0 Å². The van der Waals surface area contributed by atoms with Crippen molar-refractivity contribution in [2.24, 2.45) is 0 Å². The minimum atomic E-state index is -0.184. The van der Waals surface area contributed by atoms with Gasteiger partial charge in [0.15, 0.2) is 0 Å². The molecule has 0 saturated heterocycles. The van der Waals surface area contributed by atoms with Crippen molar-refractivity contribution in [3.63, 3.8) is 0 Å². The number of nitrogens with zero attached hydrogens (tertiary/aromatic N) is 2. The number of rotatable bonds is 7. The number of amides is 1. The average molecular weight is 386 g/mol. The maximum atomic E-state index is 11.8. The summed E-state index contributed by atoms with van der Waals surface area (Å²) in [4.78, 5) is 12.8. The van der Waals surface area contributed by atoms with Crippen LogP contribution in [-0.2, 0) is 11.2 Å². The first kappa shape index (κ1) is 16.3. The zero-order chi connectivity index (χ0) is 15.1. The van der Waals surface area contributed by atoms with Crippen LogP contribution in [0.2, 0.25) is 0 Å². The number of hydrogen-bond acceptors (Lipinski definition) is 5. The third kappa shape index (κ3) is 5.68. The topological polar surface area (TPSA) is 54.9 Å². The Labute approximate surface area is 140 Å². The summed E-state index contributed by atoms with van der Waals surface area (Å²) in [5.41, 5.74) is 0. The lowest BCUT2D eigenvalue weighted by atomic mass is 10.2. The van der Waals surface area contributed by atoms with Crippen molar-refractivity contribution < 1.29 is 4.79 Å². The predicted octanol–water partition coefficient (Wildman–Crippen LogP) is 4.75. The fourth-order valence-corrected chi connectivity index (χ4v) is 3.76. The van der Waals surface area contributed by atoms with Gasteiger partial charge in [-0.3, -0.25) is 10.1 Å². The zero-order valence-corrected chi connectivity index (χ0v) is 14.9. The maximum Gasteiger partial charge on any atom is 0.250 e. The highest BCUT2D eigenvalue weighted by atomic mass is 79.9. The molecule has 0 aromatic carbocycles. The lowest BCUT2D eigenvalue weighted by molar-refractivity contribution is -0.111. The Morgan fingerprint density at radius 1 is 1.33 bits per heavy atom. The molecule has 21 heavy (non-hydrogen) atoms. The lowest BCUT2D eigenvalue weighted by Crippen LogP contribution is -2.07. The van der Waals surface area contributed by atoms with Crippen LogP contribution in [0.15, 0.2) is 22.0 Å². The van der Waals surface area contributed by atoms with E-state index in [4.69, 9.17) is 0 Å². The highest BCUT2D eigenvalue weighted by Crippen LogP contribution is 2.23. The van der Waals surface area contributed by atoms with Crippen molar-refractivity contribution >= 4 is 55.7 Å². The van der Waals surface area contributed by atoms with Crippen molar-refractivity contribution in [2.75, 3.05) is 5.32 Å². The Bertz CT molecular complexity index is 621. The average Bonchev–Trinajstić information content (AvgIpc) is 3.06. The van der Waals surface area contributed by atoms with Crippen LogP contribution in [0.1, 0.15) is 36.1 Å². The number of thiophene rings is 1. The van der Waals surface area contributed by atoms with Gasteiger partial charge in [0.1, 0.15) is 5.01 Å². The van der Waals surface area contributed by atoms with E-state index in [0.29, 0.717) is 5.13 Å². The molecule has 0 fully saturated rings. The highest BCUT2D eigenvalue weighted by Gasteiger charge is 2.06. The molecule has 0 unspecified atom stereocenters. The predicted molar refractivity (Wildman–Crippen MR) is 92.8 cm³/mol. The molecule has 2 rings (SSSR count). The second kappa shape index (κ2) is 8.41. The smallest absolute Gasteiger partial charge is 0.250 e. The number of aryl methyl sites for hydroxylation is 1. The van der Waals surface area contributed by atoms with Gasteiger partial charge < -0.3 is 0 Å². The van der Waals surface area contributed by atoms with Crippen LogP contribution in [0.3, 0.4) is 0 Å². The number of halogens is 1. The van der Waals surface area contributed by atoms with E-state index in [1.807, 2.05) is 12.1 Å². The van der Waals surface area contributed by atoms with Gasteiger partial charge in [-0.1, -0.05) is 31.1 Å². The number of carbonyl (C=O) groups is 1. The van der Waals surface area contributed by atoms with E-state index in [9.17, 15) is 4.79 Å². The molecule has 0 spiro atoms. The quantitative estimate of drug-likeness (QED) is 0.552. The lowest BCUT2D eigenvalue weighted by Gasteiger charge is -1.94. The largest absolute Gasteiger partial charge is 0.297 e. The van der Waals surface area contributed by atoms with E-state index in [-0.39, 0.29) is 5.91 Å². The van der Waals surface area contributed by atoms with E-state index in [1.165, 1.54) is 30.3 Å². The SMILES string of the molecule is CCCCCc1nnc(NC(=O)/C=C/c2ccc(Br)s2)s1. The molecule has 7 heteroatoms. The number of hydrogen-bond donors (Lipinski definition) is 1. The molecule has 1 N–H and O–H groups in total. The minimum absolute atomic E-state index is 0.184. The molecule has 2 aromatic rings. The van der Waals surface area contributed by atoms with Crippen molar-refractivity contribution in [2.45, 2.75) is 32.6 Å². The summed E-state index contributed by atoms with van der Waals surface area (Å²) >= 11 is 6.41. The van der Waals surface area contributed by atoms with E-state index in [2.05, 4.69) is 38.4 Å². The Hall–Kier alpha value is -1.05. The highest BCUT2D eigenvalue weighted by molar-refractivity contribution is 9.11. The molecule has 2 heterocycles. The van der Waals surface area contributed by atoms with Crippen molar-refractivity contribution in [1.82, 2.24) is 10.2 Å². The van der Waals surface area contributed by atoms with Crippen molar-refractivity contribution in [1.29, 1.82) is 0 Å². The summed E-state index contributed by atoms with van der Waals surface area (Å²) in [5.74, 6) is -0.184. The summed E-state index contributed by atoms with van der Waals surface area (Å²) in [6, 6.07) is 3.91. The van der Waals surface area contributed by atoms with Crippen LogP contribution in [0.25, 0.3) is 6.08 Å². The first-order chi connectivity index (χ1) is 10.2. The third-order valence-electron chi connectivity index (χ3n) is 2.68.